The summed E-state index contributed by atoms with van der Waals surface area (Å²) in [6, 6.07) is 22.2. The topological polar surface area (TPSA) is 69.6 Å². The van der Waals surface area contributed by atoms with E-state index in [2.05, 4.69) is 65.6 Å². The van der Waals surface area contributed by atoms with Crippen LogP contribution in [-0.4, -0.2) is 88.2 Å². The zero-order valence-corrected chi connectivity index (χ0v) is 22.2. The number of aliphatic hydroxyl groups is 1. The summed E-state index contributed by atoms with van der Waals surface area (Å²) in [6.45, 7) is 6.75. The monoisotopic (exact) mass is 515 g/mol. The van der Waals surface area contributed by atoms with Crippen molar-refractivity contribution in [1.29, 1.82) is 0 Å². The summed E-state index contributed by atoms with van der Waals surface area (Å²) in [5.74, 6) is 0. The standard InChI is InChI=1S/C30H45NO6/c32-15-16-33-17-18-34-19-20-35-21-22-36-23-24-37-30-13-11-29(12-14-30)31(25-27-7-3-1-4-8-27)26-28-9-5-2-6-10-28/h1-10,29-30,32H,11-26H2/t29-,30-. The van der Waals surface area contributed by atoms with E-state index in [9.17, 15) is 0 Å². The summed E-state index contributed by atoms with van der Waals surface area (Å²) in [5, 5.41) is 8.61. The predicted octanol–water partition coefficient (Wildman–Crippen LogP) is 4.08. The van der Waals surface area contributed by atoms with Crippen LogP contribution in [0.3, 0.4) is 0 Å². The number of rotatable bonds is 20. The zero-order valence-electron chi connectivity index (χ0n) is 22.2. The van der Waals surface area contributed by atoms with Crippen LogP contribution in [-0.2, 0) is 36.8 Å². The number of nitrogens with zero attached hydrogens (tertiary/aromatic N) is 1. The Morgan fingerprint density at radius 3 is 1.46 bits per heavy atom. The molecule has 0 saturated heterocycles. The number of hydrogen-bond acceptors (Lipinski definition) is 7. The van der Waals surface area contributed by atoms with Crippen LogP contribution < -0.4 is 0 Å². The molecule has 0 spiro atoms. The lowest BCUT2D eigenvalue weighted by molar-refractivity contribution is -0.0369. The average molecular weight is 516 g/mol. The normalized spacial score (nSPS) is 17.9. The van der Waals surface area contributed by atoms with Crippen LogP contribution in [0.2, 0.25) is 0 Å². The Morgan fingerprint density at radius 1 is 0.568 bits per heavy atom. The van der Waals surface area contributed by atoms with Gasteiger partial charge in [0.1, 0.15) is 0 Å². The molecule has 2 aromatic rings. The predicted molar refractivity (Wildman–Crippen MR) is 144 cm³/mol. The van der Waals surface area contributed by atoms with E-state index in [1.165, 1.54) is 11.1 Å². The third-order valence-electron chi connectivity index (χ3n) is 6.55. The van der Waals surface area contributed by atoms with Crippen LogP contribution in [0.15, 0.2) is 60.7 Å². The van der Waals surface area contributed by atoms with Gasteiger partial charge in [0.2, 0.25) is 0 Å². The van der Waals surface area contributed by atoms with Gasteiger partial charge in [-0.3, -0.25) is 4.90 Å². The molecule has 3 rings (SSSR count). The highest BCUT2D eigenvalue weighted by atomic mass is 16.6. The van der Waals surface area contributed by atoms with E-state index < -0.39 is 0 Å². The maximum Gasteiger partial charge on any atom is 0.0704 e. The van der Waals surface area contributed by atoms with Crippen molar-refractivity contribution in [1.82, 2.24) is 4.90 Å². The summed E-state index contributed by atoms with van der Waals surface area (Å²) < 4.78 is 27.8. The first-order valence-corrected chi connectivity index (χ1v) is 13.7. The molecule has 0 atom stereocenters. The van der Waals surface area contributed by atoms with Crippen molar-refractivity contribution in [2.75, 3.05) is 66.1 Å². The van der Waals surface area contributed by atoms with Crippen molar-refractivity contribution in [2.24, 2.45) is 0 Å². The third-order valence-corrected chi connectivity index (χ3v) is 6.55. The van der Waals surface area contributed by atoms with E-state index in [1.807, 2.05) is 0 Å². The Labute approximate surface area is 222 Å². The molecule has 1 N–H and O–H groups in total. The Hall–Kier alpha value is -1.84. The highest BCUT2D eigenvalue weighted by molar-refractivity contribution is 5.17. The summed E-state index contributed by atoms with van der Waals surface area (Å²) in [4.78, 5) is 2.64. The van der Waals surface area contributed by atoms with Gasteiger partial charge in [-0.2, -0.15) is 0 Å². The number of benzene rings is 2. The number of hydrogen-bond donors (Lipinski definition) is 1. The summed E-state index contributed by atoms with van der Waals surface area (Å²) in [5.41, 5.74) is 2.74. The molecular formula is C30H45NO6. The molecule has 0 bridgehead atoms. The zero-order chi connectivity index (χ0) is 25.8. The molecule has 0 aliphatic heterocycles. The second-order valence-corrected chi connectivity index (χ2v) is 9.35. The molecule has 1 fully saturated rings. The van der Waals surface area contributed by atoms with Gasteiger partial charge in [0.25, 0.3) is 0 Å². The fourth-order valence-electron chi connectivity index (χ4n) is 4.63. The lowest BCUT2D eigenvalue weighted by Crippen LogP contribution is -2.39. The van der Waals surface area contributed by atoms with Crippen molar-refractivity contribution in [3.63, 3.8) is 0 Å². The molecule has 1 aliphatic carbocycles. The van der Waals surface area contributed by atoms with Crippen molar-refractivity contribution in [3.05, 3.63) is 71.8 Å². The fraction of sp³-hybridized carbons (Fsp3) is 0.600. The number of aliphatic hydroxyl groups excluding tert-OH is 1. The molecule has 0 aromatic heterocycles. The first-order valence-electron chi connectivity index (χ1n) is 13.7. The first-order chi connectivity index (χ1) is 18.3. The molecule has 7 heteroatoms. The quantitative estimate of drug-likeness (QED) is 0.267. The molecular weight excluding hydrogens is 470 g/mol. The largest absolute Gasteiger partial charge is 0.394 e. The van der Waals surface area contributed by atoms with Gasteiger partial charge in [-0.1, -0.05) is 60.7 Å². The van der Waals surface area contributed by atoms with Crippen molar-refractivity contribution < 1.29 is 28.8 Å². The Kier molecular flexibility index (Phi) is 15.5. The second-order valence-electron chi connectivity index (χ2n) is 9.35. The van der Waals surface area contributed by atoms with Crippen LogP contribution in [0.1, 0.15) is 36.8 Å². The van der Waals surface area contributed by atoms with E-state index in [0.717, 1.165) is 38.8 Å². The Bertz CT molecular complexity index is 744. The van der Waals surface area contributed by atoms with Gasteiger partial charge in [0, 0.05) is 19.1 Å². The van der Waals surface area contributed by atoms with Crippen LogP contribution in [0.4, 0.5) is 0 Å². The molecule has 7 nitrogen and oxygen atoms in total. The van der Waals surface area contributed by atoms with Gasteiger partial charge in [-0.05, 0) is 36.8 Å². The first kappa shape index (κ1) is 29.7. The Balaban J connectivity index is 1.24. The van der Waals surface area contributed by atoms with Crippen LogP contribution in [0, 0.1) is 0 Å². The van der Waals surface area contributed by atoms with Gasteiger partial charge in [0.15, 0.2) is 0 Å². The molecule has 0 unspecified atom stereocenters. The highest BCUT2D eigenvalue weighted by Gasteiger charge is 2.26. The van der Waals surface area contributed by atoms with Gasteiger partial charge < -0.3 is 28.8 Å². The van der Waals surface area contributed by atoms with Crippen molar-refractivity contribution in [3.8, 4) is 0 Å². The highest BCUT2D eigenvalue weighted by Crippen LogP contribution is 2.27. The lowest BCUT2D eigenvalue weighted by Gasteiger charge is -2.37. The van der Waals surface area contributed by atoms with Gasteiger partial charge in [0.05, 0.1) is 72.2 Å². The molecule has 206 valence electrons. The lowest BCUT2D eigenvalue weighted by atomic mass is 9.91. The SMILES string of the molecule is OCCOCCOCCOCCOCCO[C@H]1CC[C@H](N(Cc2ccccc2)Cc2ccccc2)CC1. The van der Waals surface area contributed by atoms with Crippen LogP contribution in [0.5, 0.6) is 0 Å². The van der Waals surface area contributed by atoms with E-state index in [0.29, 0.717) is 71.6 Å². The van der Waals surface area contributed by atoms with E-state index in [1.54, 1.807) is 0 Å². The molecule has 0 heterocycles. The molecule has 2 aromatic carbocycles. The van der Waals surface area contributed by atoms with Gasteiger partial charge in [-0.25, -0.2) is 0 Å². The minimum absolute atomic E-state index is 0.0401. The molecule has 1 aliphatic rings. The molecule has 0 radical (unpaired) electrons. The summed E-state index contributed by atoms with van der Waals surface area (Å²) in [6.07, 6.45) is 4.84. The second kappa shape index (κ2) is 19.3. The van der Waals surface area contributed by atoms with Crippen molar-refractivity contribution >= 4 is 0 Å². The van der Waals surface area contributed by atoms with E-state index in [-0.39, 0.29) is 6.61 Å². The smallest absolute Gasteiger partial charge is 0.0704 e. The van der Waals surface area contributed by atoms with Gasteiger partial charge in [-0.15, -0.1) is 0 Å². The maximum absolute atomic E-state index is 8.61. The Morgan fingerprint density at radius 2 is 1.00 bits per heavy atom. The molecule has 1 saturated carbocycles. The fourth-order valence-corrected chi connectivity index (χ4v) is 4.63. The van der Waals surface area contributed by atoms with E-state index >= 15 is 0 Å². The third kappa shape index (κ3) is 13.0. The summed E-state index contributed by atoms with van der Waals surface area (Å²) >= 11 is 0. The minimum Gasteiger partial charge on any atom is -0.394 e. The van der Waals surface area contributed by atoms with Crippen LogP contribution >= 0.6 is 0 Å². The summed E-state index contributed by atoms with van der Waals surface area (Å²) in [7, 11) is 0. The average Bonchev–Trinajstić information content (AvgIpc) is 2.94. The van der Waals surface area contributed by atoms with E-state index in [4.69, 9.17) is 28.8 Å². The molecule has 0 amide bonds. The molecule has 37 heavy (non-hydrogen) atoms. The van der Waals surface area contributed by atoms with Crippen LogP contribution in [0.25, 0.3) is 0 Å². The maximum atomic E-state index is 8.61. The van der Waals surface area contributed by atoms with Crippen molar-refractivity contribution in [2.45, 2.75) is 50.9 Å². The minimum atomic E-state index is 0.0401. The number of ether oxygens (including phenoxy) is 5. The van der Waals surface area contributed by atoms with Gasteiger partial charge >= 0.3 is 0 Å².